The summed E-state index contributed by atoms with van der Waals surface area (Å²) in [7, 11) is -3.73. The van der Waals surface area contributed by atoms with Crippen LogP contribution in [0.4, 0.5) is 5.69 Å². The van der Waals surface area contributed by atoms with Crippen molar-refractivity contribution < 1.29 is 13.2 Å². The van der Waals surface area contributed by atoms with E-state index in [0.29, 0.717) is 29.5 Å². The van der Waals surface area contributed by atoms with Gasteiger partial charge in [-0.05, 0) is 47.0 Å². The first-order valence-corrected chi connectivity index (χ1v) is 7.93. The highest BCUT2D eigenvalue weighted by Crippen LogP contribution is 2.29. The Balaban J connectivity index is 2.42. The van der Waals surface area contributed by atoms with Crippen molar-refractivity contribution in [2.24, 2.45) is 5.73 Å². The van der Waals surface area contributed by atoms with E-state index in [1.165, 1.54) is 18.2 Å². The molecule has 8 heteroatoms. The van der Waals surface area contributed by atoms with Gasteiger partial charge in [0.15, 0.2) is 0 Å². The summed E-state index contributed by atoms with van der Waals surface area (Å²) in [4.78, 5) is 11.4. The molecule has 0 radical (unpaired) electrons. The molecule has 1 saturated heterocycles. The SMILES string of the molecule is NC(=O)C1CCCN1S(=O)(=O)c1ccc(N)c(Br)c1. The molecule has 0 aromatic heterocycles. The van der Waals surface area contributed by atoms with Crippen molar-refractivity contribution in [3.63, 3.8) is 0 Å². The van der Waals surface area contributed by atoms with Gasteiger partial charge in [-0.3, -0.25) is 4.79 Å². The number of nitrogen functional groups attached to an aromatic ring is 1. The molecule has 1 atom stereocenters. The number of sulfonamides is 1. The van der Waals surface area contributed by atoms with Crippen molar-refractivity contribution in [2.45, 2.75) is 23.8 Å². The molecule has 0 spiro atoms. The molecular weight excluding hydrogens is 334 g/mol. The Bertz CT molecular complexity index is 618. The van der Waals surface area contributed by atoms with Crippen molar-refractivity contribution >= 4 is 37.5 Å². The number of nitrogens with zero attached hydrogens (tertiary/aromatic N) is 1. The number of hydrogen-bond donors (Lipinski definition) is 2. The van der Waals surface area contributed by atoms with Crippen LogP contribution >= 0.6 is 15.9 Å². The van der Waals surface area contributed by atoms with Crippen molar-refractivity contribution in [3.8, 4) is 0 Å². The highest BCUT2D eigenvalue weighted by atomic mass is 79.9. The fraction of sp³-hybridized carbons (Fsp3) is 0.364. The lowest BCUT2D eigenvalue weighted by molar-refractivity contribution is -0.121. The van der Waals surface area contributed by atoms with Gasteiger partial charge >= 0.3 is 0 Å². The number of halogens is 1. The summed E-state index contributed by atoms with van der Waals surface area (Å²) in [5, 5.41) is 0. The molecule has 0 saturated carbocycles. The van der Waals surface area contributed by atoms with Crippen LogP contribution in [0, 0.1) is 0 Å². The quantitative estimate of drug-likeness (QED) is 0.783. The van der Waals surface area contributed by atoms with Gasteiger partial charge in [0.1, 0.15) is 6.04 Å². The summed E-state index contributed by atoms with van der Waals surface area (Å²) >= 11 is 3.19. The van der Waals surface area contributed by atoms with Crippen molar-refractivity contribution in [3.05, 3.63) is 22.7 Å². The van der Waals surface area contributed by atoms with Crippen LogP contribution in [0.25, 0.3) is 0 Å². The fourth-order valence-electron chi connectivity index (χ4n) is 2.12. The molecule has 0 aliphatic carbocycles. The van der Waals surface area contributed by atoms with Gasteiger partial charge in [0.25, 0.3) is 0 Å². The Kier molecular flexibility index (Phi) is 3.84. The average molecular weight is 348 g/mol. The standard InChI is InChI=1S/C11H14BrN3O3S/c12-8-6-7(3-4-9(8)13)19(17,18)15-5-1-2-10(15)11(14)16/h3-4,6,10H,1-2,5,13H2,(H2,14,16). The van der Waals surface area contributed by atoms with Gasteiger partial charge in [0, 0.05) is 16.7 Å². The second kappa shape index (κ2) is 5.10. The van der Waals surface area contributed by atoms with Gasteiger partial charge in [-0.2, -0.15) is 4.31 Å². The highest BCUT2D eigenvalue weighted by Gasteiger charge is 2.38. The summed E-state index contributed by atoms with van der Waals surface area (Å²) < 4.78 is 26.6. The first kappa shape index (κ1) is 14.3. The van der Waals surface area contributed by atoms with Crippen molar-refractivity contribution in [2.75, 3.05) is 12.3 Å². The van der Waals surface area contributed by atoms with Crippen LogP contribution in [-0.4, -0.2) is 31.2 Å². The summed E-state index contributed by atoms with van der Waals surface area (Å²) in [6, 6.07) is 3.60. The number of benzene rings is 1. The van der Waals surface area contributed by atoms with Crippen LogP contribution in [0.2, 0.25) is 0 Å². The molecule has 6 nitrogen and oxygen atoms in total. The summed E-state index contributed by atoms with van der Waals surface area (Å²) in [6.07, 6.45) is 1.09. The van der Waals surface area contributed by atoms with Gasteiger partial charge < -0.3 is 11.5 Å². The molecular formula is C11H14BrN3O3S. The number of rotatable bonds is 3. The summed E-state index contributed by atoms with van der Waals surface area (Å²) in [5.41, 5.74) is 11.3. The van der Waals surface area contributed by atoms with Gasteiger partial charge in [0.2, 0.25) is 15.9 Å². The monoisotopic (exact) mass is 347 g/mol. The minimum absolute atomic E-state index is 0.0988. The molecule has 1 aromatic rings. The van der Waals surface area contributed by atoms with E-state index in [4.69, 9.17) is 11.5 Å². The molecule has 1 amide bonds. The van der Waals surface area contributed by atoms with E-state index in [-0.39, 0.29) is 4.90 Å². The van der Waals surface area contributed by atoms with E-state index >= 15 is 0 Å². The molecule has 1 heterocycles. The zero-order valence-electron chi connectivity index (χ0n) is 10.0. The average Bonchev–Trinajstić information content (AvgIpc) is 2.82. The van der Waals surface area contributed by atoms with E-state index < -0.39 is 22.0 Å². The number of carbonyl (C=O) groups is 1. The van der Waals surface area contributed by atoms with Gasteiger partial charge in [-0.1, -0.05) is 0 Å². The Morgan fingerprint density at radius 3 is 2.68 bits per heavy atom. The maximum atomic E-state index is 12.5. The van der Waals surface area contributed by atoms with Crippen LogP contribution in [0.1, 0.15) is 12.8 Å². The Morgan fingerprint density at radius 2 is 2.11 bits per heavy atom. The fourth-order valence-corrected chi connectivity index (χ4v) is 4.34. The molecule has 1 aromatic carbocycles. The molecule has 19 heavy (non-hydrogen) atoms. The lowest BCUT2D eigenvalue weighted by atomic mass is 10.2. The zero-order valence-corrected chi connectivity index (χ0v) is 12.4. The molecule has 1 unspecified atom stereocenters. The van der Waals surface area contributed by atoms with Crippen LogP contribution in [0.3, 0.4) is 0 Å². The maximum Gasteiger partial charge on any atom is 0.243 e. The smallest absolute Gasteiger partial charge is 0.243 e. The van der Waals surface area contributed by atoms with Crippen molar-refractivity contribution in [1.82, 2.24) is 4.31 Å². The zero-order chi connectivity index (χ0) is 14.2. The Hall–Kier alpha value is -1.12. The van der Waals surface area contributed by atoms with Crippen molar-refractivity contribution in [1.29, 1.82) is 0 Å². The maximum absolute atomic E-state index is 12.5. The molecule has 2 rings (SSSR count). The molecule has 1 aliphatic heterocycles. The lowest BCUT2D eigenvalue weighted by Gasteiger charge is -2.21. The molecule has 0 bridgehead atoms. The minimum Gasteiger partial charge on any atom is -0.398 e. The topological polar surface area (TPSA) is 106 Å². The van der Waals surface area contributed by atoms with E-state index in [1.807, 2.05) is 0 Å². The Labute approximate surface area is 119 Å². The summed E-state index contributed by atoms with van der Waals surface area (Å²) in [6.45, 7) is 0.304. The lowest BCUT2D eigenvalue weighted by Crippen LogP contribution is -2.43. The molecule has 4 N–H and O–H groups in total. The Morgan fingerprint density at radius 1 is 1.42 bits per heavy atom. The summed E-state index contributed by atoms with van der Waals surface area (Å²) in [5.74, 6) is -0.615. The molecule has 1 fully saturated rings. The van der Waals surface area contributed by atoms with Gasteiger partial charge in [0.05, 0.1) is 4.90 Å². The number of carbonyl (C=O) groups excluding carboxylic acids is 1. The first-order valence-electron chi connectivity index (χ1n) is 5.70. The first-order chi connectivity index (χ1) is 8.84. The third-order valence-corrected chi connectivity index (χ3v) is 5.70. The van der Waals surface area contributed by atoms with E-state index in [1.54, 1.807) is 0 Å². The van der Waals surface area contributed by atoms with Crippen LogP contribution in [-0.2, 0) is 14.8 Å². The predicted molar refractivity (Wildman–Crippen MR) is 74.7 cm³/mol. The van der Waals surface area contributed by atoms with E-state index in [2.05, 4.69) is 15.9 Å². The molecule has 104 valence electrons. The number of amides is 1. The minimum atomic E-state index is -3.73. The highest BCUT2D eigenvalue weighted by molar-refractivity contribution is 9.10. The molecule has 1 aliphatic rings. The van der Waals surface area contributed by atoms with Gasteiger partial charge in [-0.25, -0.2) is 8.42 Å². The third kappa shape index (κ3) is 2.60. The van der Waals surface area contributed by atoms with E-state index in [9.17, 15) is 13.2 Å². The second-order valence-corrected chi connectivity index (χ2v) is 7.10. The number of nitrogens with two attached hydrogens (primary N) is 2. The number of anilines is 1. The van der Waals surface area contributed by atoms with E-state index in [0.717, 1.165) is 4.31 Å². The normalized spacial score (nSPS) is 20.6. The number of hydrogen-bond acceptors (Lipinski definition) is 4. The van der Waals surface area contributed by atoms with Crippen LogP contribution < -0.4 is 11.5 Å². The predicted octanol–water partition coefficient (Wildman–Crippen LogP) is 0.670. The van der Waals surface area contributed by atoms with Gasteiger partial charge in [-0.15, -0.1) is 0 Å². The van der Waals surface area contributed by atoms with Crippen LogP contribution in [0.5, 0.6) is 0 Å². The van der Waals surface area contributed by atoms with Crippen LogP contribution in [0.15, 0.2) is 27.6 Å². The number of primary amides is 1. The third-order valence-electron chi connectivity index (χ3n) is 3.11. The largest absolute Gasteiger partial charge is 0.398 e. The second-order valence-electron chi connectivity index (χ2n) is 4.36.